The van der Waals surface area contributed by atoms with Crippen LogP contribution in [-0.4, -0.2) is 109 Å². The maximum Gasteiger partial charge on any atom is 0.472 e. The Morgan fingerprint density at radius 2 is 1.84 bits per heavy atom. The van der Waals surface area contributed by atoms with Crippen LogP contribution in [0.2, 0.25) is 0 Å². The molecule has 0 spiro atoms. The molecule has 6 rings (SSSR count). The summed E-state index contributed by atoms with van der Waals surface area (Å²) in [5, 5.41) is 31.8. The molecule has 8 N–H and O–H groups in total. The zero-order valence-electron chi connectivity index (χ0n) is 22.8. The predicted molar refractivity (Wildman–Crippen MR) is 148 cm³/mol. The molecule has 4 aromatic heterocycles. The first-order valence-electron chi connectivity index (χ1n) is 13.3. The minimum absolute atomic E-state index is 0.0195. The van der Waals surface area contributed by atoms with Crippen LogP contribution in [0.15, 0.2) is 36.0 Å². The summed E-state index contributed by atoms with van der Waals surface area (Å²) in [6.45, 7) is -1.19. The molecule has 0 radical (unpaired) electrons. The van der Waals surface area contributed by atoms with Crippen molar-refractivity contribution in [1.82, 2.24) is 34.1 Å². The second-order valence-corrected chi connectivity index (χ2v) is 12.3. The maximum atomic E-state index is 13.2. The monoisotopic (exact) mass is 674 g/mol. The van der Waals surface area contributed by atoms with E-state index in [2.05, 4.69) is 24.9 Å². The van der Waals surface area contributed by atoms with Gasteiger partial charge in [-0.3, -0.25) is 23.0 Å². The number of aliphatic hydroxyl groups excluding tert-OH is 3. The number of hydrogen-bond donors (Lipinski definition) is 7. The highest BCUT2D eigenvalue weighted by Gasteiger charge is 2.51. The van der Waals surface area contributed by atoms with Crippen molar-refractivity contribution >= 4 is 44.1 Å². The third kappa shape index (κ3) is 6.06. The first-order chi connectivity index (χ1) is 21.5. The van der Waals surface area contributed by atoms with Gasteiger partial charge in [-0.15, -0.1) is 0 Å². The van der Waals surface area contributed by atoms with Gasteiger partial charge < -0.3 is 54.4 Å². The van der Waals surface area contributed by atoms with E-state index in [9.17, 15) is 39.0 Å². The molecule has 45 heavy (non-hydrogen) atoms. The zero-order valence-corrected chi connectivity index (χ0v) is 24.7. The molecule has 0 aliphatic carbocycles. The van der Waals surface area contributed by atoms with Gasteiger partial charge in [-0.2, -0.15) is 0 Å². The summed E-state index contributed by atoms with van der Waals surface area (Å²) < 4.78 is 54.6. The molecule has 4 aromatic rings. The lowest BCUT2D eigenvalue weighted by atomic mass is 10.1. The minimum Gasteiger partial charge on any atom is -0.396 e. The summed E-state index contributed by atoms with van der Waals surface area (Å²) >= 11 is 0. The number of nitrogen functional groups attached to an aromatic ring is 1. The Balaban J connectivity index is 1.22. The Hall–Kier alpha value is -3.17. The van der Waals surface area contributed by atoms with Crippen LogP contribution in [0.1, 0.15) is 18.9 Å². The second kappa shape index (κ2) is 12.6. The number of rotatable bonds is 11. The van der Waals surface area contributed by atoms with Gasteiger partial charge in [0.1, 0.15) is 48.3 Å². The fraction of sp³-hybridized carbons (Fsp3) is 0.500. The van der Waals surface area contributed by atoms with E-state index in [4.69, 9.17) is 28.8 Å². The molecule has 10 atom stereocenters. The third-order valence-electron chi connectivity index (χ3n) is 7.38. The standard InChI is InChI=1S/C22H28N8O13P2/c23-17-9-1-3-29(18(9)25-6-24-17)21-14(33)15(42-44(35)36)11(41-21)5-39-45(37,38)43-16-13(32)10(2-4-31)40-22(16)30-8-28-12-19(30)26-7-27-20(12)34/h1,3,6-8,10-11,13-16,21-22,31-33,44H,2,4-5H2,(H,35,36)(H,37,38)(H2,23,24,25)(H,26,27,34)/t10-,11-,13-,14-,15-,16-,21-,22-/m1/s1. The van der Waals surface area contributed by atoms with E-state index < -0.39 is 83.9 Å². The van der Waals surface area contributed by atoms with Crippen molar-refractivity contribution in [2.75, 3.05) is 18.9 Å². The van der Waals surface area contributed by atoms with Crippen LogP contribution < -0.4 is 11.3 Å². The number of aromatic nitrogens is 7. The van der Waals surface area contributed by atoms with Gasteiger partial charge in [0.05, 0.1) is 30.8 Å². The van der Waals surface area contributed by atoms with E-state index in [1.54, 1.807) is 6.07 Å². The van der Waals surface area contributed by atoms with Crippen molar-refractivity contribution in [1.29, 1.82) is 0 Å². The Labute approximate surface area is 251 Å². The minimum atomic E-state index is -5.11. The van der Waals surface area contributed by atoms with Gasteiger partial charge in [0, 0.05) is 12.8 Å². The molecule has 0 bridgehead atoms. The fourth-order valence-corrected chi connectivity index (χ4v) is 6.82. The number of nitrogens with zero attached hydrogens (tertiary/aromatic N) is 6. The summed E-state index contributed by atoms with van der Waals surface area (Å²) in [7, 11) is -8.75. The first kappa shape index (κ1) is 31.8. The fourth-order valence-electron chi connectivity index (χ4n) is 5.36. The summed E-state index contributed by atoms with van der Waals surface area (Å²) in [6.07, 6.45) is -6.42. The lowest BCUT2D eigenvalue weighted by Crippen LogP contribution is -2.36. The number of H-pyrrole nitrogens is 1. The van der Waals surface area contributed by atoms with Crippen molar-refractivity contribution in [3.63, 3.8) is 0 Å². The second-order valence-electron chi connectivity index (χ2n) is 10.1. The number of aliphatic hydroxyl groups is 3. The number of aromatic amines is 1. The van der Waals surface area contributed by atoms with Gasteiger partial charge in [-0.25, -0.2) is 24.5 Å². The molecule has 6 heterocycles. The maximum absolute atomic E-state index is 13.2. The SMILES string of the molecule is Nc1ncnc2c1ccn2[C@@H]1O[C@H](COP(=O)(O)O[C@@H]2[C@H](O)[C@@H](CCO)O[C@H]2n2cnc3c(=O)[nH]cnc32)[C@@H](O[PH](=O)O)[C@H]1O. The Bertz CT molecular complexity index is 1820. The molecule has 2 fully saturated rings. The number of phosphoric ester groups is 1. The largest absolute Gasteiger partial charge is 0.472 e. The van der Waals surface area contributed by atoms with Crippen LogP contribution in [-0.2, 0) is 32.2 Å². The number of hydrogen-bond acceptors (Lipinski definition) is 16. The quantitative estimate of drug-likeness (QED) is 0.0873. The molecule has 2 aliphatic heterocycles. The molecule has 23 heteroatoms. The molecule has 2 unspecified atom stereocenters. The zero-order chi connectivity index (χ0) is 32.0. The summed E-state index contributed by atoms with van der Waals surface area (Å²) in [5.41, 5.74) is 5.52. The molecule has 21 nitrogen and oxygen atoms in total. The molecular weight excluding hydrogens is 646 g/mol. The van der Waals surface area contributed by atoms with Crippen LogP contribution in [0.25, 0.3) is 22.2 Å². The highest BCUT2D eigenvalue weighted by Crippen LogP contribution is 2.50. The van der Waals surface area contributed by atoms with Gasteiger partial charge in [0.15, 0.2) is 23.6 Å². The normalized spacial score (nSPS) is 30.7. The molecule has 0 amide bonds. The lowest BCUT2D eigenvalue weighted by molar-refractivity contribution is -0.0591. The highest BCUT2D eigenvalue weighted by molar-refractivity contribution is 7.47. The third-order valence-corrected chi connectivity index (χ3v) is 8.84. The Morgan fingerprint density at radius 1 is 1.07 bits per heavy atom. The average molecular weight is 674 g/mol. The van der Waals surface area contributed by atoms with Gasteiger partial charge in [0.25, 0.3) is 5.56 Å². The smallest absolute Gasteiger partial charge is 0.396 e. The molecular formula is C22H28N8O13P2. The van der Waals surface area contributed by atoms with Gasteiger partial charge in [-0.05, 0) is 12.5 Å². The van der Waals surface area contributed by atoms with Crippen LogP contribution in [0, 0.1) is 0 Å². The Kier molecular flexibility index (Phi) is 8.87. The number of fused-ring (bicyclic) bond motifs is 2. The van der Waals surface area contributed by atoms with E-state index in [0.29, 0.717) is 5.39 Å². The van der Waals surface area contributed by atoms with Gasteiger partial charge >= 0.3 is 16.1 Å². The Morgan fingerprint density at radius 3 is 2.60 bits per heavy atom. The summed E-state index contributed by atoms with van der Waals surface area (Å²) in [6, 6.07) is 1.57. The molecule has 2 aliphatic rings. The number of nitrogens with one attached hydrogen (secondary N) is 1. The van der Waals surface area contributed by atoms with Gasteiger partial charge in [0.2, 0.25) is 0 Å². The van der Waals surface area contributed by atoms with E-state index >= 15 is 0 Å². The van der Waals surface area contributed by atoms with Crippen LogP contribution in [0.3, 0.4) is 0 Å². The molecule has 0 saturated carbocycles. The summed E-state index contributed by atoms with van der Waals surface area (Å²) in [5.74, 6) is 0.154. The van der Waals surface area contributed by atoms with Crippen molar-refractivity contribution < 1.29 is 57.3 Å². The van der Waals surface area contributed by atoms with E-state index in [-0.39, 0.29) is 29.0 Å². The number of nitrogens with two attached hydrogens (primary N) is 1. The predicted octanol–water partition coefficient (Wildman–Crippen LogP) is -1.68. The van der Waals surface area contributed by atoms with Crippen molar-refractivity contribution in [2.24, 2.45) is 0 Å². The van der Waals surface area contributed by atoms with Crippen LogP contribution in [0.5, 0.6) is 0 Å². The van der Waals surface area contributed by atoms with Crippen molar-refractivity contribution in [3.05, 3.63) is 41.6 Å². The molecule has 2 saturated heterocycles. The molecule has 0 aromatic carbocycles. The molecule has 244 valence electrons. The van der Waals surface area contributed by atoms with Crippen LogP contribution >= 0.6 is 16.1 Å². The number of anilines is 1. The topological polar surface area (TPSA) is 302 Å². The van der Waals surface area contributed by atoms with E-state index in [1.807, 2.05) is 0 Å². The van der Waals surface area contributed by atoms with Gasteiger partial charge in [-0.1, -0.05) is 0 Å². The lowest BCUT2D eigenvalue weighted by Gasteiger charge is -2.25. The number of phosphoric acid groups is 1. The van der Waals surface area contributed by atoms with Crippen molar-refractivity contribution in [2.45, 2.75) is 55.5 Å². The van der Waals surface area contributed by atoms with E-state index in [0.717, 1.165) is 6.33 Å². The highest BCUT2D eigenvalue weighted by atomic mass is 31.2. The number of imidazole rings is 1. The number of ether oxygens (including phenoxy) is 2. The van der Waals surface area contributed by atoms with Crippen molar-refractivity contribution in [3.8, 4) is 0 Å². The van der Waals surface area contributed by atoms with Crippen LogP contribution in [0.4, 0.5) is 5.82 Å². The van der Waals surface area contributed by atoms with E-state index in [1.165, 1.54) is 28.0 Å². The summed E-state index contributed by atoms with van der Waals surface area (Å²) in [4.78, 5) is 50.7. The average Bonchev–Trinajstić information content (AvgIpc) is 3.75. The first-order valence-corrected chi connectivity index (χ1v) is 16.1.